The van der Waals surface area contributed by atoms with Crippen LogP contribution in [0, 0.1) is 0 Å². The lowest BCUT2D eigenvalue weighted by Gasteiger charge is -2.14. The second-order valence-electron chi connectivity index (χ2n) is 5.85. The summed E-state index contributed by atoms with van der Waals surface area (Å²) < 4.78 is 0. The molecule has 0 radical (unpaired) electrons. The number of nitrogens with zero attached hydrogens (tertiary/aromatic N) is 1. The lowest BCUT2D eigenvalue weighted by Crippen LogP contribution is -2.38. The fourth-order valence-corrected chi connectivity index (χ4v) is 2.54. The molecule has 21 heavy (non-hydrogen) atoms. The van der Waals surface area contributed by atoms with Crippen LogP contribution < -0.4 is 5.32 Å². The summed E-state index contributed by atoms with van der Waals surface area (Å²) in [6.45, 7) is 5.14. The summed E-state index contributed by atoms with van der Waals surface area (Å²) in [5.74, 6) is 0.429. The van der Waals surface area contributed by atoms with E-state index >= 15 is 0 Å². The van der Waals surface area contributed by atoms with Gasteiger partial charge in [0.05, 0.1) is 6.42 Å². The van der Waals surface area contributed by atoms with Crippen LogP contribution >= 0.6 is 0 Å². The highest BCUT2D eigenvalue weighted by molar-refractivity contribution is 5.79. The van der Waals surface area contributed by atoms with Crippen molar-refractivity contribution in [1.82, 2.24) is 10.2 Å². The number of hydrogen-bond donors (Lipinski definition) is 2. The number of carbonyl (C=O) groups is 2. The van der Waals surface area contributed by atoms with Crippen LogP contribution in [0.15, 0.2) is 24.3 Å². The summed E-state index contributed by atoms with van der Waals surface area (Å²) in [6.07, 6.45) is 0.0998. The molecule has 2 N–H and O–H groups in total. The van der Waals surface area contributed by atoms with Crippen molar-refractivity contribution < 1.29 is 14.7 Å². The maximum atomic E-state index is 12.0. The first kappa shape index (κ1) is 15.4. The van der Waals surface area contributed by atoms with Crippen LogP contribution in [0.1, 0.15) is 37.3 Å². The quantitative estimate of drug-likeness (QED) is 0.893. The summed E-state index contributed by atoms with van der Waals surface area (Å²) in [6, 6.07) is 7.99. The van der Waals surface area contributed by atoms with E-state index in [0.717, 1.165) is 5.56 Å². The van der Waals surface area contributed by atoms with E-state index in [1.165, 1.54) is 10.5 Å². The molecule has 0 spiro atoms. The maximum Gasteiger partial charge on any atom is 0.407 e. The molecule has 1 aromatic rings. The standard InChI is InChI=1S/C16H22N2O3/c1-11(2)13-5-3-12(4-6-13)9-15(19)17-14-7-8-18(10-14)16(20)21/h3-6,11,14H,7-10H2,1-2H3,(H,17,19)(H,20,21)/t14-/m1/s1. The maximum absolute atomic E-state index is 12.0. The summed E-state index contributed by atoms with van der Waals surface area (Å²) in [5, 5.41) is 11.8. The van der Waals surface area contributed by atoms with Gasteiger partial charge in [0.25, 0.3) is 0 Å². The molecule has 114 valence electrons. The number of carboxylic acid groups (broad SMARTS) is 1. The number of hydrogen-bond acceptors (Lipinski definition) is 2. The number of nitrogens with one attached hydrogen (secondary N) is 1. The van der Waals surface area contributed by atoms with Gasteiger partial charge >= 0.3 is 6.09 Å². The zero-order valence-electron chi connectivity index (χ0n) is 12.5. The molecule has 0 bridgehead atoms. The lowest BCUT2D eigenvalue weighted by molar-refractivity contribution is -0.121. The molecule has 0 saturated carbocycles. The van der Waals surface area contributed by atoms with Crippen LogP contribution in [0.25, 0.3) is 0 Å². The van der Waals surface area contributed by atoms with Crippen LogP contribution in [-0.2, 0) is 11.2 Å². The van der Waals surface area contributed by atoms with Crippen molar-refractivity contribution in [2.75, 3.05) is 13.1 Å². The number of rotatable bonds is 4. The van der Waals surface area contributed by atoms with Crippen LogP contribution in [0.5, 0.6) is 0 Å². The number of likely N-dealkylation sites (tertiary alicyclic amines) is 1. The predicted molar refractivity (Wildman–Crippen MR) is 80.4 cm³/mol. The molecule has 0 unspecified atom stereocenters. The number of amides is 2. The molecular weight excluding hydrogens is 268 g/mol. The minimum absolute atomic E-state index is 0.0514. The van der Waals surface area contributed by atoms with Crippen LogP contribution in [0.2, 0.25) is 0 Å². The molecule has 1 fully saturated rings. The average Bonchev–Trinajstić information content (AvgIpc) is 2.87. The minimum atomic E-state index is -0.920. The molecule has 0 aromatic heterocycles. The van der Waals surface area contributed by atoms with Crippen molar-refractivity contribution in [2.24, 2.45) is 0 Å². The Kier molecular flexibility index (Phi) is 4.83. The fourth-order valence-electron chi connectivity index (χ4n) is 2.54. The van der Waals surface area contributed by atoms with Crippen LogP contribution in [0.4, 0.5) is 4.79 Å². The van der Waals surface area contributed by atoms with Gasteiger partial charge in [-0.1, -0.05) is 38.1 Å². The first-order valence-corrected chi connectivity index (χ1v) is 7.31. The van der Waals surface area contributed by atoms with Crippen LogP contribution in [0.3, 0.4) is 0 Å². The largest absolute Gasteiger partial charge is 0.465 e. The Hall–Kier alpha value is -2.04. The summed E-state index contributed by atoms with van der Waals surface area (Å²) in [4.78, 5) is 24.1. The normalized spacial score (nSPS) is 18.0. The van der Waals surface area contributed by atoms with Crippen molar-refractivity contribution >= 4 is 12.0 Å². The Bertz CT molecular complexity index is 511. The molecule has 2 rings (SSSR count). The summed E-state index contributed by atoms with van der Waals surface area (Å²) >= 11 is 0. The zero-order chi connectivity index (χ0) is 15.4. The van der Waals surface area contributed by atoms with Gasteiger partial charge in [-0.2, -0.15) is 0 Å². The van der Waals surface area contributed by atoms with Crippen molar-refractivity contribution in [1.29, 1.82) is 0 Å². The first-order valence-electron chi connectivity index (χ1n) is 7.31. The molecular formula is C16H22N2O3. The van der Waals surface area contributed by atoms with Crippen molar-refractivity contribution in [3.05, 3.63) is 35.4 Å². The van der Waals surface area contributed by atoms with E-state index < -0.39 is 6.09 Å². The topological polar surface area (TPSA) is 69.6 Å². The lowest BCUT2D eigenvalue weighted by atomic mass is 10.0. The van der Waals surface area contributed by atoms with Gasteiger partial charge in [0.1, 0.15) is 0 Å². The van der Waals surface area contributed by atoms with Gasteiger partial charge in [0, 0.05) is 19.1 Å². The second-order valence-corrected chi connectivity index (χ2v) is 5.85. The van der Waals surface area contributed by atoms with E-state index in [9.17, 15) is 9.59 Å². The van der Waals surface area contributed by atoms with Crippen molar-refractivity contribution in [3.63, 3.8) is 0 Å². The third-order valence-electron chi connectivity index (χ3n) is 3.83. The van der Waals surface area contributed by atoms with Gasteiger partial charge in [-0.05, 0) is 23.5 Å². The van der Waals surface area contributed by atoms with Gasteiger partial charge in [-0.3, -0.25) is 4.79 Å². The Labute approximate surface area is 125 Å². The Morgan fingerprint density at radius 3 is 2.52 bits per heavy atom. The summed E-state index contributed by atoms with van der Waals surface area (Å²) in [5.41, 5.74) is 2.23. The van der Waals surface area contributed by atoms with E-state index in [4.69, 9.17) is 5.11 Å². The molecule has 1 heterocycles. The third kappa shape index (κ3) is 4.21. The monoisotopic (exact) mass is 290 g/mol. The highest BCUT2D eigenvalue weighted by atomic mass is 16.4. The Balaban J connectivity index is 1.83. The highest BCUT2D eigenvalue weighted by Crippen LogP contribution is 2.15. The van der Waals surface area contributed by atoms with E-state index in [1.807, 2.05) is 12.1 Å². The molecule has 0 aliphatic carbocycles. The molecule has 1 atom stereocenters. The van der Waals surface area contributed by atoms with E-state index in [2.05, 4.69) is 31.3 Å². The molecule has 5 nitrogen and oxygen atoms in total. The van der Waals surface area contributed by atoms with E-state index in [0.29, 0.717) is 31.8 Å². The Morgan fingerprint density at radius 2 is 2.00 bits per heavy atom. The van der Waals surface area contributed by atoms with E-state index in [-0.39, 0.29) is 11.9 Å². The first-order chi connectivity index (χ1) is 9.95. The van der Waals surface area contributed by atoms with Gasteiger partial charge in [-0.25, -0.2) is 4.79 Å². The fraction of sp³-hybridized carbons (Fsp3) is 0.500. The average molecular weight is 290 g/mol. The number of carbonyl (C=O) groups excluding carboxylic acids is 1. The van der Waals surface area contributed by atoms with Gasteiger partial charge in [0.15, 0.2) is 0 Å². The molecule has 1 saturated heterocycles. The van der Waals surface area contributed by atoms with E-state index in [1.54, 1.807) is 0 Å². The minimum Gasteiger partial charge on any atom is -0.465 e. The van der Waals surface area contributed by atoms with Crippen molar-refractivity contribution in [3.8, 4) is 0 Å². The zero-order valence-corrected chi connectivity index (χ0v) is 12.5. The Morgan fingerprint density at radius 1 is 1.33 bits per heavy atom. The molecule has 1 aliphatic heterocycles. The van der Waals surface area contributed by atoms with Gasteiger partial charge < -0.3 is 15.3 Å². The third-order valence-corrected chi connectivity index (χ3v) is 3.83. The molecule has 1 aliphatic rings. The van der Waals surface area contributed by atoms with Gasteiger partial charge in [-0.15, -0.1) is 0 Å². The molecule has 5 heteroatoms. The molecule has 2 amide bonds. The SMILES string of the molecule is CC(C)c1ccc(CC(=O)N[C@@H]2CCN(C(=O)O)C2)cc1. The highest BCUT2D eigenvalue weighted by Gasteiger charge is 2.26. The van der Waals surface area contributed by atoms with Crippen LogP contribution in [-0.4, -0.2) is 41.1 Å². The summed E-state index contributed by atoms with van der Waals surface area (Å²) in [7, 11) is 0. The van der Waals surface area contributed by atoms with Gasteiger partial charge in [0.2, 0.25) is 5.91 Å². The van der Waals surface area contributed by atoms with Crippen molar-refractivity contribution in [2.45, 2.75) is 38.6 Å². The molecule has 1 aromatic carbocycles. The smallest absolute Gasteiger partial charge is 0.407 e. The second kappa shape index (κ2) is 6.61. The number of benzene rings is 1. The predicted octanol–water partition coefficient (Wildman–Crippen LogP) is 2.22.